The zero-order chi connectivity index (χ0) is 18.8. The minimum atomic E-state index is -1.04. The summed E-state index contributed by atoms with van der Waals surface area (Å²) in [5.74, 6) is -0.565. The summed E-state index contributed by atoms with van der Waals surface area (Å²) >= 11 is 0. The molecule has 1 fully saturated rings. The van der Waals surface area contributed by atoms with Crippen LogP contribution < -0.4 is 0 Å². The largest absolute Gasteiger partial charge is 0.395 e. The number of halogens is 2. The van der Waals surface area contributed by atoms with Crippen molar-refractivity contribution in [3.8, 4) is 0 Å². The van der Waals surface area contributed by atoms with Crippen LogP contribution in [0.25, 0.3) is 0 Å². The van der Waals surface area contributed by atoms with E-state index in [1.54, 1.807) is 6.08 Å². The molecule has 0 aromatic carbocycles. The normalized spacial score (nSPS) is 34.9. The second-order valence-electron chi connectivity index (χ2n) is 7.50. The fourth-order valence-electron chi connectivity index (χ4n) is 4.41. The average molecular weight is 372 g/mol. The van der Waals surface area contributed by atoms with Crippen LogP contribution in [-0.4, -0.2) is 66.5 Å². The molecule has 0 amide bonds. The second kappa shape index (κ2) is 8.05. The number of nitrogens with zero attached hydrogens (tertiary/aromatic N) is 2. The Morgan fingerprint density at radius 3 is 2.70 bits per heavy atom. The molecular formula is C22H26F2N2O. The number of aliphatic hydroxyl groups excluding tert-OH is 1. The van der Waals surface area contributed by atoms with E-state index in [2.05, 4.69) is 9.80 Å². The van der Waals surface area contributed by atoms with Gasteiger partial charge in [-0.3, -0.25) is 9.80 Å². The lowest BCUT2D eigenvalue weighted by Crippen LogP contribution is -2.52. The van der Waals surface area contributed by atoms with Gasteiger partial charge >= 0.3 is 0 Å². The highest BCUT2D eigenvalue weighted by Crippen LogP contribution is 2.38. The van der Waals surface area contributed by atoms with E-state index in [0.29, 0.717) is 18.5 Å². The van der Waals surface area contributed by atoms with Gasteiger partial charge in [0.25, 0.3) is 0 Å². The number of fused-ring (bicyclic) bond motifs is 1. The van der Waals surface area contributed by atoms with Crippen molar-refractivity contribution < 1.29 is 13.9 Å². The Hall–Kier alpha value is -1.82. The summed E-state index contributed by atoms with van der Waals surface area (Å²) in [7, 11) is 0. The SMILES string of the molecule is OCCN1CCN(C2/C=C\C3=C(/C=C4/C=CC=C(F)C42)C(F)CC=C3)CC1. The maximum atomic E-state index is 14.9. The van der Waals surface area contributed by atoms with Gasteiger partial charge in [0.2, 0.25) is 0 Å². The third-order valence-electron chi connectivity index (χ3n) is 5.89. The van der Waals surface area contributed by atoms with Gasteiger partial charge in [-0.1, -0.05) is 42.5 Å². The molecule has 0 aromatic rings. The standard InChI is InChI=1S/C22H26F2N2O/c23-19-5-1-3-16-7-8-21(26-11-9-25(10-12-26)13-14-27)22-17(15-18(16)19)4-2-6-20(22)24/h1-4,6-8,15,19,21-22,27H,5,9-14H2/b8-7-,17-15-. The van der Waals surface area contributed by atoms with Crippen LogP contribution >= 0.6 is 0 Å². The molecule has 4 rings (SSSR count). The molecule has 27 heavy (non-hydrogen) atoms. The van der Waals surface area contributed by atoms with Gasteiger partial charge in [-0.25, -0.2) is 8.78 Å². The Morgan fingerprint density at radius 1 is 1.11 bits per heavy atom. The van der Waals surface area contributed by atoms with Gasteiger partial charge in [-0.2, -0.15) is 0 Å². The molecule has 1 heterocycles. The minimum Gasteiger partial charge on any atom is -0.395 e. The number of piperazine rings is 1. The minimum absolute atomic E-state index is 0.101. The van der Waals surface area contributed by atoms with E-state index < -0.39 is 12.1 Å². The van der Waals surface area contributed by atoms with Crippen molar-refractivity contribution in [3.05, 3.63) is 71.2 Å². The van der Waals surface area contributed by atoms with Gasteiger partial charge in [0.1, 0.15) is 12.0 Å². The smallest absolute Gasteiger partial charge is 0.129 e. The predicted molar refractivity (Wildman–Crippen MR) is 104 cm³/mol. The number of hydrogen-bond acceptors (Lipinski definition) is 3. The molecule has 0 aromatic heterocycles. The van der Waals surface area contributed by atoms with Crippen LogP contribution in [0.1, 0.15) is 6.42 Å². The quantitative estimate of drug-likeness (QED) is 0.825. The highest BCUT2D eigenvalue weighted by Gasteiger charge is 2.35. The van der Waals surface area contributed by atoms with Crippen molar-refractivity contribution in [3.63, 3.8) is 0 Å². The summed E-state index contributed by atoms with van der Waals surface area (Å²) in [6.07, 6.45) is 14.2. The fourth-order valence-corrected chi connectivity index (χ4v) is 4.41. The van der Waals surface area contributed by atoms with Crippen molar-refractivity contribution in [2.75, 3.05) is 39.3 Å². The van der Waals surface area contributed by atoms with Crippen LogP contribution in [0.15, 0.2) is 71.2 Å². The van der Waals surface area contributed by atoms with Crippen LogP contribution in [0.5, 0.6) is 0 Å². The molecule has 1 N–H and O–H groups in total. The van der Waals surface area contributed by atoms with Crippen molar-refractivity contribution in [2.45, 2.75) is 18.6 Å². The lowest BCUT2D eigenvalue weighted by Gasteiger charge is -2.42. The molecule has 0 radical (unpaired) electrons. The third kappa shape index (κ3) is 3.77. The molecule has 3 aliphatic carbocycles. The Bertz CT molecular complexity index is 754. The van der Waals surface area contributed by atoms with E-state index in [1.165, 1.54) is 6.08 Å². The molecular weight excluding hydrogens is 346 g/mol. The molecule has 3 nitrogen and oxygen atoms in total. The molecule has 1 aliphatic heterocycles. The highest BCUT2D eigenvalue weighted by molar-refractivity contribution is 5.52. The third-order valence-corrected chi connectivity index (χ3v) is 5.89. The molecule has 3 unspecified atom stereocenters. The molecule has 4 aliphatic rings. The molecule has 0 saturated carbocycles. The Labute approximate surface area is 159 Å². The molecule has 5 heteroatoms. The number of alkyl halides is 1. The predicted octanol–water partition coefficient (Wildman–Crippen LogP) is 3.10. The van der Waals surface area contributed by atoms with E-state index in [9.17, 15) is 8.78 Å². The zero-order valence-electron chi connectivity index (χ0n) is 15.4. The van der Waals surface area contributed by atoms with E-state index in [4.69, 9.17) is 5.11 Å². The van der Waals surface area contributed by atoms with E-state index in [-0.39, 0.29) is 18.5 Å². The van der Waals surface area contributed by atoms with Crippen molar-refractivity contribution in [2.24, 2.45) is 5.92 Å². The first-order valence-corrected chi connectivity index (χ1v) is 9.73. The molecule has 3 atom stereocenters. The maximum absolute atomic E-state index is 14.9. The van der Waals surface area contributed by atoms with Crippen LogP contribution in [0.2, 0.25) is 0 Å². The first kappa shape index (κ1) is 18.5. The van der Waals surface area contributed by atoms with Crippen molar-refractivity contribution in [1.82, 2.24) is 9.80 Å². The van der Waals surface area contributed by atoms with E-state index in [1.807, 2.05) is 36.5 Å². The van der Waals surface area contributed by atoms with Crippen molar-refractivity contribution in [1.29, 1.82) is 0 Å². The molecule has 144 valence electrons. The lowest BCUT2D eigenvalue weighted by atomic mass is 9.80. The average Bonchev–Trinajstić information content (AvgIpc) is 2.65. The fraction of sp³-hybridized carbons (Fsp3) is 0.455. The number of allylic oxidation sites excluding steroid dienone is 9. The van der Waals surface area contributed by atoms with Gasteiger partial charge in [0.05, 0.1) is 12.5 Å². The number of hydrogen-bond donors (Lipinski definition) is 1. The summed E-state index contributed by atoms with van der Waals surface area (Å²) in [5, 5.41) is 9.14. The van der Waals surface area contributed by atoms with E-state index in [0.717, 1.165) is 37.3 Å². The van der Waals surface area contributed by atoms with Crippen molar-refractivity contribution >= 4 is 0 Å². The molecule has 0 spiro atoms. The Kier molecular flexibility index (Phi) is 5.53. The summed E-state index contributed by atoms with van der Waals surface area (Å²) < 4.78 is 29.4. The molecule has 0 bridgehead atoms. The summed E-state index contributed by atoms with van der Waals surface area (Å²) in [4.78, 5) is 4.53. The Balaban J connectivity index is 1.66. The zero-order valence-corrected chi connectivity index (χ0v) is 15.4. The first-order valence-electron chi connectivity index (χ1n) is 9.73. The number of β-amino-alcohol motifs (C(OH)–C–C–N with tert-alkyl or cyclic N) is 1. The van der Waals surface area contributed by atoms with Gasteiger partial charge < -0.3 is 5.11 Å². The highest BCUT2D eigenvalue weighted by atomic mass is 19.1. The van der Waals surface area contributed by atoms with Crippen LogP contribution in [-0.2, 0) is 0 Å². The first-order chi connectivity index (χ1) is 13.2. The van der Waals surface area contributed by atoms with Gasteiger partial charge in [-0.05, 0) is 22.8 Å². The second-order valence-corrected chi connectivity index (χ2v) is 7.50. The summed E-state index contributed by atoms with van der Waals surface area (Å²) in [6.45, 7) is 4.20. The topological polar surface area (TPSA) is 26.7 Å². The summed E-state index contributed by atoms with van der Waals surface area (Å²) in [5.41, 5.74) is 2.37. The Morgan fingerprint density at radius 2 is 1.93 bits per heavy atom. The van der Waals surface area contributed by atoms with Crippen LogP contribution in [0, 0.1) is 5.92 Å². The van der Waals surface area contributed by atoms with Gasteiger partial charge in [0.15, 0.2) is 0 Å². The van der Waals surface area contributed by atoms with Gasteiger partial charge in [0, 0.05) is 45.2 Å². The van der Waals surface area contributed by atoms with Crippen LogP contribution in [0.3, 0.4) is 0 Å². The van der Waals surface area contributed by atoms with Gasteiger partial charge in [-0.15, -0.1) is 0 Å². The van der Waals surface area contributed by atoms with Crippen LogP contribution in [0.4, 0.5) is 8.78 Å². The summed E-state index contributed by atoms with van der Waals surface area (Å²) in [6, 6.07) is -0.101. The number of rotatable bonds is 3. The number of aliphatic hydroxyl groups is 1. The monoisotopic (exact) mass is 372 g/mol. The molecule has 1 saturated heterocycles. The van der Waals surface area contributed by atoms with E-state index >= 15 is 0 Å². The maximum Gasteiger partial charge on any atom is 0.129 e. The lowest BCUT2D eigenvalue weighted by molar-refractivity contribution is 0.0852.